The van der Waals surface area contributed by atoms with Crippen molar-refractivity contribution in [1.82, 2.24) is 4.31 Å². The first-order valence-electron chi connectivity index (χ1n) is 10.2. The van der Waals surface area contributed by atoms with Crippen molar-refractivity contribution < 1.29 is 27.5 Å². The molecule has 0 atom stereocenters. The van der Waals surface area contributed by atoms with Crippen molar-refractivity contribution in [2.45, 2.75) is 17.7 Å². The number of amides is 1. The number of carbonyl (C=O) groups is 2. The molecule has 0 spiro atoms. The topological polar surface area (TPSA) is 93.2 Å². The third-order valence-corrected chi connectivity index (χ3v) is 7.35. The number of hydrogen-bond acceptors (Lipinski definition) is 6. The van der Waals surface area contributed by atoms with E-state index in [1.54, 1.807) is 4.90 Å². The number of carbonyl (C=O) groups excluding carboxylic acids is 2. The highest BCUT2D eigenvalue weighted by atomic mass is 32.2. The molecule has 1 amide bonds. The predicted octanol–water partition coefficient (Wildman–Crippen LogP) is 1.84. The van der Waals surface area contributed by atoms with E-state index in [1.165, 1.54) is 28.6 Å². The molecule has 8 nitrogen and oxygen atoms in total. The fourth-order valence-corrected chi connectivity index (χ4v) is 5.19. The van der Waals surface area contributed by atoms with E-state index < -0.39 is 16.0 Å². The molecule has 2 aliphatic rings. The Bertz CT molecular complexity index is 1060. The van der Waals surface area contributed by atoms with Crippen LogP contribution in [-0.4, -0.2) is 64.1 Å². The van der Waals surface area contributed by atoms with Gasteiger partial charge in [0.2, 0.25) is 10.0 Å². The van der Waals surface area contributed by atoms with Gasteiger partial charge in [0.25, 0.3) is 5.91 Å². The van der Waals surface area contributed by atoms with E-state index in [2.05, 4.69) is 0 Å². The minimum absolute atomic E-state index is 0.104. The van der Waals surface area contributed by atoms with Gasteiger partial charge in [-0.15, -0.1) is 0 Å². The van der Waals surface area contributed by atoms with Gasteiger partial charge in [-0.05, 0) is 48.7 Å². The molecule has 31 heavy (non-hydrogen) atoms. The van der Waals surface area contributed by atoms with E-state index >= 15 is 0 Å². The van der Waals surface area contributed by atoms with Crippen LogP contribution in [0.5, 0.6) is 0 Å². The molecular formula is C22H24N2O6S. The number of benzene rings is 2. The largest absolute Gasteiger partial charge is 0.452 e. The summed E-state index contributed by atoms with van der Waals surface area (Å²) in [6.45, 7) is 1.53. The van der Waals surface area contributed by atoms with Crippen LogP contribution in [-0.2, 0) is 30.7 Å². The zero-order valence-corrected chi connectivity index (χ0v) is 17.8. The van der Waals surface area contributed by atoms with Gasteiger partial charge in [0, 0.05) is 25.3 Å². The van der Waals surface area contributed by atoms with Crippen LogP contribution in [0, 0.1) is 0 Å². The normalized spacial score (nSPS) is 17.1. The van der Waals surface area contributed by atoms with Crippen molar-refractivity contribution >= 4 is 27.6 Å². The van der Waals surface area contributed by atoms with Crippen molar-refractivity contribution in [3.63, 3.8) is 0 Å². The lowest BCUT2D eigenvalue weighted by molar-refractivity contribution is -0.121. The maximum atomic E-state index is 12.7. The number of para-hydroxylation sites is 1. The van der Waals surface area contributed by atoms with Crippen molar-refractivity contribution in [2.75, 3.05) is 44.4 Å². The van der Waals surface area contributed by atoms with Crippen molar-refractivity contribution in [1.29, 1.82) is 0 Å². The first-order valence-corrected chi connectivity index (χ1v) is 11.6. The van der Waals surface area contributed by atoms with Crippen LogP contribution < -0.4 is 4.90 Å². The van der Waals surface area contributed by atoms with Gasteiger partial charge in [-0.1, -0.05) is 18.2 Å². The van der Waals surface area contributed by atoms with E-state index in [0.29, 0.717) is 32.8 Å². The lowest BCUT2D eigenvalue weighted by atomic mass is 10.0. The second-order valence-electron chi connectivity index (χ2n) is 7.39. The molecule has 0 radical (unpaired) electrons. The first-order chi connectivity index (χ1) is 15.0. The number of ether oxygens (including phenoxy) is 2. The Balaban J connectivity index is 1.38. The summed E-state index contributed by atoms with van der Waals surface area (Å²) in [5.41, 5.74) is 2.14. The van der Waals surface area contributed by atoms with Crippen LogP contribution in [0.15, 0.2) is 53.4 Å². The molecule has 2 aromatic rings. The number of fused-ring (bicyclic) bond motifs is 1. The molecule has 9 heteroatoms. The van der Waals surface area contributed by atoms with E-state index in [-0.39, 0.29) is 23.0 Å². The Labute approximate surface area is 181 Å². The van der Waals surface area contributed by atoms with Gasteiger partial charge < -0.3 is 14.4 Å². The number of aryl methyl sites for hydroxylation is 1. The van der Waals surface area contributed by atoms with E-state index in [9.17, 15) is 18.0 Å². The number of sulfonamides is 1. The molecule has 0 aromatic heterocycles. The molecule has 0 unspecified atom stereocenters. The third kappa shape index (κ3) is 4.63. The summed E-state index contributed by atoms with van der Waals surface area (Å²) in [5, 5.41) is 0. The molecule has 0 bridgehead atoms. The number of morpholine rings is 1. The number of nitrogens with zero attached hydrogens (tertiary/aromatic N) is 2. The second kappa shape index (κ2) is 9.17. The quantitative estimate of drug-likeness (QED) is 0.654. The maximum Gasteiger partial charge on any atom is 0.338 e. The first kappa shape index (κ1) is 21.5. The third-order valence-electron chi connectivity index (χ3n) is 5.44. The Kier molecular flexibility index (Phi) is 6.35. The van der Waals surface area contributed by atoms with E-state index in [1.807, 2.05) is 24.3 Å². The molecule has 1 saturated heterocycles. The maximum absolute atomic E-state index is 12.7. The number of rotatable bonds is 5. The highest BCUT2D eigenvalue weighted by molar-refractivity contribution is 7.89. The Morgan fingerprint density at radius 2 is 1.68 bits per heavy atom. The number of anilines is 1. The minimum atomic E-state index is -3.63. The van der Waals surface area contributed by atoms with Gasteiger partial charge >= 0.3 is 5.97 Å². The summed E-state index contributed by atoms with van der Waals surface area (Å²) in [5.74, 6) is -0.957. The zero-order chi connectivity index (χ0) is 21.8. The molecule has 0 saturated carbocycles. The molecule has 164 valence electrons. The molecule has 0 N–H and O–H groups in total. The van der Waals surface area contributed by atoms with Crippen LogP contribution in [0.1, 0.15) is 22.3 Å². The fourth-order valence-electron chi connectivity index (χ4n) is 3.78. The lowest BCUT2D eigenvalue weighted by Crippen LogP contribution is -2.40. The van der Waals surface area contributed by atoms with Gasteiger partial charge in [0.15, 0.2) is 6.61 Å². The van der Waals surface area contributed by atoms with E-state index in [0.717, 1.165) is 24.1 Å². The van der Waals surface area contributed by atoms with Gasteiger partial charge in [-0.3, -0.25) is 4.79 Å². The molecule has 4 rings (SSSR count). The summed E-state index contributed by atoms with van der Waals surface area (Å²) in [4.78, 5) is 26.7. The standard InChI is InChI=1S/C22H24N2O6S/c25-21(24-11-3-5-17-4-1-2-6-20(17)24)16-30-22(26)18-7-9-19(10-8-18)31(27,28)23-12-14-29-15-13-23/h1-2,4,6-10H,3,5,11-16H2. The van der Waals surface area contributed by atoms with Crippen molar-refractivity contribution in [3.8, 4) is 0 Å². The zero-order valence-electron chi connectivity index (χ0n) is 17.0. The van der Waals surface area contributed by atoms with Crippen LogP contribution in [0.25, 0.3) is 0 Å². The van der Waals surface area contributed by atoms with Gasteiger partial charge in [-0.25, -0.2) is 13.2 Å². The van der Waals surface area contributed by atoms with Gasteiger partial charge in [-0.2, -0.15) is 4.31 Å². The average molecular weight is 445 g/mol. The fraction of sp³-hybridized carbons (Fsp3) is 0.364. The van der Waals surface area contributed by atoms with Crippen LogP contribution in [0.2, 0.25) is 0 Å². The summed E-state index contributed by atoms with van der Waals surface area (Å²) >= 11 is 0. The second-order valence-corrected chi connectivity index (χ2v) is 9.33. The van der Waals surface area contributed by atoms with Crippen LogP contribution >= 0.6 is 0 Å². The molecule has 0 aliphatic carbocycles. The molecule has 1 fully saturated rings. The monoisotopic (exact) mass is 444 g/mol. The number of hydrogen-bond donors (Lipinski definition) is 0. The number of esters is 1. The van der Waals surface area contributed by atoms with Gasteiger partial charge in [0.05, 0.1) is 23.7 Å². The lowest BCUT2D eigenvalue weighted by Gasteiger charge is -2.29. The average Bonchev–Trinajstić information content (AvgIpc) is 2.82. The molecule has 2 aliphatic heterocycles. The minimum Gasteiger partial charge on any atom is -0.452 e. The SMILES string of the molecule is O=C(OCC(=O)N1CCCc2ccccc21)c1ccc(S(=O)(=O)N2CCOCC2)cc1. The van der Waals surface area contributed by atoms with Gasteiger partial charge in [0.1, 0.15) is 0 Å². The summed E-state index contributed by atoms with van der Waals surface area (Å²) in [6.07, 6.45) is 1.77. The van der Waals surface area contributed by atoms with Crippen molar-refractivity contribution in [3.05, 3.63) is 59.7 Å². The molecule has 2 heterocycles. The van der Waals surface area contributed by atoms with E-state index in [4.69, 9.17) is 9.47 Å². The Morgan fingerprint density at radius 3 is 2.42 bits per heavy atom. The molecule has 2 aromatic carbocycles. The highest BCUT2D eigenvalue weighted by Crippen LogP contribution is 2.26. The summed E-state index contributed by atoms with van der Waals surface area (Å²) in [6, 6.07) is 13.3. The Morgan fingerprint density at radius 1 is 0.968 bits per heavy atom. The summed E-state index contributed by atoms with van der Waals surface area (Å²) in [7, 11) is -3.63. The predicted molar refractivity (Wildman–Crippen MR) is 113 cm³/mol. The van der Waals surface area contributed by atoms with Crippen LogP contribution in [0.4, 0.5) is 5.69 Å². The molecular weight excluding hydrogens is 420 g/mol. The highest BCUT2D eigenvalue weighted by Gasteiger charge is 2.27. The van der Waals surface area contributed by atoms with Crippen molar-refractivity contribution in [2.24, 2.45) is 0 Å². The summed E-state index contributed by atoms with van der Waals surface area (Å²) < 4.78 is 37.1. The van der Waals surface area contributed by atoms with Crippen LogP contribution in [0.3, 0.4) is 0 Å². The smallest absolute Gasteiger partial charge is 0.338 e. The Hall–Kier alpha value is -2.75.